The van der Waals surface area contributed by atoms with Gasteiger partial charge in [-0.1, -0.05) is 13.8 Å². The lowest BCUT2D eigenvalue weighted by Gasteiger charge is -2.42. The summed E-state index contributed by atoms with van der Waals surface area (Å²) in [5, 5.41) is 68.9. The lowest BCUT2D eigenvalue weighted by molar-refractivity contribution is -0.331. The SMILES string of the molecule is CC(C)CCO[C@H]1O[C@H](CO[C@H]2O[C@H](CO)[C@@H](O)[C@H](O)[C@@H]2O)[C@@H](O)[C@H](O)[C@@H]1O. The molecule has 11 nitrogen and oxygen atoms in total. The van der Waals surface area contributed by atoms with Crippen LogP contribution in [0.1, 0.15) is 20.3 Å². The molecule has 2 rings (SSSR count). The Hall–Kier alpha value is -0.440. The van der Waals surface area contributed by atoms with Crippen molar-refractivity contribution in [3.05, 3.63) is 0 Å². The van der Waals surface area contributed by atoms with Crippen LogP contribution in [-0.2, 0) is 18.9 Å². The molecule has 0 aromatic heterocycles. The van der Waals surface area contributed by atoms with E-state index in [9.17, 15) is 35.7 Å². The number of hydrogen-bond donors (Lipinski definition) is 7. The molecule has 28 heavy (non-hydrogen) atoms. The predicted molar refractivity (Wildman–Crippen MR) is 91.8 cm³/mol. The Labute approximate surface area is 163 Å². The first kappa shape index (κ1) is 23.8. The van der Waals surface area contributed by atoms with Gasteiger partial charge in [-0.05, 0) is 12.3 Å². The molecule has 166 valence electrons. The monoisotopic (exact) mass is 412 g/mol. The second-order valence-corrected chi connectivity index (χ2v) is 7.60. The maximum absolute atomic E-state index is 10.1. The topological polar surface area (TPSA) is 179 Å². The molecule has 0 bridgehead atoms. The zero-order chi connectivity index (χ0) is 21.0. The van der Waals surface area contributed by atoms with Gasteiger partial charge >= 0.3 is 0 Å². The van der Waals surface area contributed by atoms with E-state index < -0.39 is 68.0 Å². The van der Waals surface area contributed by atoms with Crippen molar-refractivity contribution in [3.8, 4) is 0 Å². The van der Waals surface area contributed by atoms with Crippen LogP contribution in [0.15, 0.2) is 0 Å². The second kappa shape index (κ2) is 10.5. The molecule has 2 aliphatic heterocycles. The summed E-state index contributed by atoms with van der Waals surface area (Å²) in [6.45, 7) is 3.29. The molecule has 0 aliphatic carbocycles. The van der Waals surface area contributed by atoms with E-state index in [4.69, 9.17) is 18.9 Å². The Bertz CT molecular complexity index is 462. The van der Waals surface area contributed by atoms with Crippen molar-refractivity contribution in [2.75, 3.05) is 19.8 Å². The van der Waals surface area contributed by atoms with E-state index in [1.165, 1.54) is 0 Å². The van der Waals surface area contributed by atoms with Gasteiger partial charge in [0.2, 0.25) is 0 Å². The molecule has 0 saturated carbocycles. The third-order valence-electron chi connectivity index (χ3n) is 4.92. The van der Waals surface area contributed by atoms with E-state index in [0.717, 1.165) is 0 Å². The molecule has 11 heteroatoms. The van der Waals surface area contributed by atoms with Crippen LogP contribution in [0.2, 0.25) is 0 Å². The minimum atomic E-state index is -1.60. The van der Waals surface area contributed by atoms with Gasteiger partial charge in [-0.25, -0.2) is 0 Å². The maximum Gasteiger partial charge on any atom is 0.186 e. The molecular formula is C17H32O11. The Morgan fingerprint density at radius 2 is 1.21 bits per heavy atom. The van der Waals surface area contributed by atoms with Crippen molar-refractivity contribution in [3.63, 3.8) is 0 Å². The molecule has 2 saturated heterocycles. The van der Waals surface area contributed by atoms with Crippen LogP contribution in [0.4, 0.5) is 0 Å². The fraction of sp³-hybridized carbons (Fsp3) is 1.00. The predicted octanol–water partition coefficient (Wildman–Crippen LogP) is -3.33. The van der Waals surface area contributed by atoms with Gasteiger partial charge in [0.05, 0.1) is 19.8 Å². The van der Waals surface area contributed by atoms with Gasteiger partial charge in [-0.15, -0.1) is 0 Å². The van der Waals surface area contributed by atoms with Crippen LogP contribution in [0, 0.1) is 5.92 Å². The summed E-state index contributed by atoms with van der Waals surface area (Å²) in [7, 11) is 0. The largest absolute Gasteiger partial charge is 0.394 e. The van der Waals surface area contributed by atoms with E-state index in [0.29, 0.717) is 12.3 Å². The highest BCUT2D eigenvalue weighted by Crippen LogP contribution is 2.26. The summed E-state index contributed by atoms with van der Waals surface area (Å²) in [4.78, 5) is 0. The zero-order valence-electron chi connectivity index (χ0n) is 15.9. The van der Waals surface area contributed by atoms with Crippen molar-refractivity contribution in [1.29, 1.82) is 0 Å². The van der Waals surface area contributed by atoms with Gasteiger partial charge in [0.15, 0.2) is 12.6 Å². The number of aliphatic hydroxyl groups is 7. The van der Waals surface area contributed by atoms with Gasteiger partial charge in [0.25, 0.3) is 0 Å². The molecule has 2 heterocycles. The molecule has 0 aromatic carbocycles. The number of hydrogen-bond acceptors (Lipinski definition) is 11. The van der Waals surface area contributed by atoms with Crippen LogP contribution >= 0.6 is 0 Å². The van der Waals surface area contributed by atoms with E-state index in [1.807, 2.05) is 13.8 Å². The van der Waals surface area contributed by atoms with Crippen molar-refractivity contribution < 1.29 is 54.7 Å². The highest BCUT2D eigenvalue weighted by Gasteiger charge is 2.47. The third kappa shape index (κ3) is 5.58. The lowest BCUT2D eigenvalue weighted by Crippen LogP contribution is -2.61. The van der Waals surface area contributed by atoms with Gasteiger partial charge in [-0.3, -0.25) is 0 Å². The average molecular weight is 412 g/mol. The van der Waals surface area contributed by atoms with Gasteiger partial charge in [0, 0.05) is 0 Å². The van der Waals surface area contributed by atoms with E-state index in [2.05, 4.69) is 0 Å². The Balaban J connectivity index is 1.93. The van der Waals surface area contributed by atoms with Crippen LogP contribution in [0.5, 0.6) is 0 Å². The Kier molecular flexibility index (Phi) is 8.98. The number of aliphatic hydroxyl groups excluding tert-OH is 7. The van der Waals surface area contributed by atoms with Crippen molar-refractivity contribution >= 4 is 0 Å². The van der Waals surface area contributed by atoms with Crippen LogP contribution in [-0.4, -0.2) is 117 Å². The zero-order valence-corrected chi connectivity index (χ0v) is 15.9. The molecule has 2 aliphatic rings. The third-order valence-corrected chi connectivity index (χ3v) is 4.92. The standard InChI is InChI=1S/C17H32O11/c1-7(2)3-4-25-16-14(23)13(22)11(20)9(28-16)6-26-17-15(24)12(21)10(19)8(5-18)27-17/h7-24H,3-6H2,1-2H3/t8-,9-,10-,11-,12+,13+,14+,15+,16+,17+/m1/s1. The lowest BCUT2D eigenvalue weighted by atomic mass is 9.98. The molecule has 0 unspecified atom stereocenters. The maximum atomic E-state index is 10.1. The van der Waals surface area contributed by atoms with Crippen LogP contribution in [0.3, 0.4) is 0 Å². The van der Waals surface area contributed by atoms with Gasteiger partial charge in [-0.2, -0.15) is 0 Å². The molecule has 0 spiro atoms. The smallest absolute Gasteiger partial charge is 0.186 e. The highest BCUT2D eigenvalue weighted by atomic mass is 16.7. The molecule has 2 fully saturated rings. The minimum absolute atomic E-state index is 0.280. The Morgan fingerprint density at radius 1 is 0.714 bits per heavy atom. The summed E-state index contributed by atoms with van der Waals surface area (Å²) in [6.07, 6.45) is -13.4. The number of ether oxygens (including phenoxy) is 4. The summed E-state index contributed by atoms with van der Waals surface area (Å²) in [6, 6.07) is 0. The Morgan fingerprint density at radius 3 is 1.75 bits per heavy atom. The number of rotatable bonds is 8. The van der Waals surface area contributed by atoms with E-state index in [-0.39, 0.29) is 13.2 Å². The second-order valence-electron chi connectivity index (χ2n) is 7.60. The summed E-state index contributed by atoms with van der Waals surface area (Å²) in [5.41, 5.74) is 0. The van der Waals surface area contributed by atoms with E-state index >= 15 is 0 Å². The quantitative estimate of drug-likeness (QED) is 0.212. The fourth-order valence-electron chi connectivity index (χ4n) is 3.01. The molecular weight excluding hydrogens is 380 g/mol. The average Bonchev–Trinajstić information content (AvgIpc) is 2.66. The first-order valence-corrected chi connectivity index (χ1v) is 9.40. The minimum Gasteiger partial charge on any atom is -0.394 e. The summed E-state index contributed by atoms with van der Waals surface area (Å²) in [5.74, 6) is 0.363. The van der Waals surface area contributed by atoms with Crippen LogP contribution < -0.4 is 0 Å². The molecule has 10 atom stereocenters. The molecule has 0 aromatic rings. The van der Waals surface area contributed by atoms with Crippen molar-refractivity contribution in [1.82, 2.24) is 0 Å². The van der Waals surface area contributed by atoms with Crippen LogP contribution in [0.25, 0.3) is 0 Å². The van der Waals surface area contributed by atoms with Gasteiger partial charge in [0.1, 0.15) is 48.8 Å². The first-order valence-electron chi connectivity index (χ1n) is 9.40. The van der Waals surface area contributed by atoms with Crippen molar-refractivity contribution in [2.45, 2.75) is 81.7 Å². The first-order chi connectivity index (χ1) is 13.2. The highest BCUT2D eigenvalue weighted by molar-refractivity contribution is 4.91. The summed E-state index contributed by atoms with van der Waals surface area (Å²) >= 11 is 0. The normalized spacial score (nSPS) is 44.8. The van der Waals surface area contributed by atoms with E-state index in [1.54, 1.807) is 0 Å². The molecule has 7 N–H and O–H groups in total. The molecule has 0 radical (unpaired) electrons. The van der Waals surface area contributed by atoms with Gasteiger partial charge < -0.3 is 54.7 Å². The summed E-state index contributed by atoms with van der Waals surface area (Å²) < 4.78 is 21.5. The molecule has 0 amide bonds. The van der Waals surface area contributed by atoms with Crippen molar-refractivity contribution in [2.24, 2.45) is 5.92 Å². The fourth-order valence-corrected chi connectivity index (χ4v) is 3.01.